The standard InChI is InChI=1S/C23H26N2O2/c1-3-26-23-14-20(15-24-16-21-11-7-8-18(2)25-21)12-13-22(23)27-17-19-9-5-4-6-10-19/h4-14,24H,3,15-17H2,1-2H3. The lowest BCUT2D eigenvalue weighted by Crippen LogP contribution is -2.14. The Labute approximate surface area is 161 Å². The van der Waals surface area contributed by atoms with Crippen molar-refractivity contribution in [3.63, 3.8) is 0 Å². The third-order valence-electron chi connectivity index (χ3n) is 4.13. The molecule has 0 aliphatic carbocycles. The van der Waals surface area contributed by atoms with Gasteiger partial charge in [0.25, 0.3) is 0 Å². The summed E-state index contributed by atoms with van der Waals surface area (Å²) in [4.78, 5) is 4.51. The summed E-state index contributed by atoms with van der Waals surface area (Å²) in [6, 6.07) is 22.3. The number of nitrogens with one attached hydrogen (secondary N) is 1. The van der Waals surface area contributed by atoms with Crippen molar-refractivity contribution in [2.75, 3.05) is 6.61 Å². The van der Waals surface area contributed by atoms with Crippen LogP contribution in [0.4, 0.5) is 0 Å². The molecule has 3 rings (SSSR count). The molecule has 0 radical (unpaired) electrons. The van der Waals surface area contributed by atoms with Crippen LogP contribution in [0, 0.1) is 6.92 Å². The van der Waals surface area contributed by atoms with Crippen molar-refractivity contribution in [1.29, 1.82) is 0 Å². The Bertz CT molecular complexity index is 850. The van der Waals surface area contributed by atoms with Gasteiger partial charge in [-0.1, -0.05) is 42.5 Å². The Morgan fingerprint density at radius 2 is 1.67 bits per heavy atom. The molecule has 0 unspecified atom stereocenters. The van der Waals surface area contributed by atoms with E-state index in [0.29, 0.717) is 13.2 Å². The van der Waals surface area contributed by atoms with Crippen LogP contribution in [0.5, 0.6) is 11.5 Å². The quantitative estimate of drug-likeness (QED) is 0.601. The number of nitrogens with zero attached hydrogens (tertiary/aromatic N) is 1. The summed E-state index contributed by atoms with van der Waals surface area (Å²) in [5.41, 5.74) is 4.37. The molecule has 2 aromatic carbocycles. The summed E-state index contributed by atoms with van der Waals surface area (Å²) in [6.45, 7) is 6.59. The monoisotopic (exact) mass is 362 g/mol. The van der Waals surface area contributed by atoms with Crippen molar-refractivity contribution >= 4 is 0 Å². The molecule has 0 saturated heterocycles. The first-order valence-corrected chi connectivity index (χ1v) is 9.30. The number of benzene rings is 2. The largest absolute Gasteiger partial charge is 0.490 e. The fourth-order valence-electron chi connectivity index (χ4n) is 2.82. The molecule has 3 aromatic rings. The number of hydrogen-bond donors (Lipinski definition) is 1. The second-order valence-corrected chi connectivity index (χ2v) is 6.36. The Kier molecular flexibility index (Phi) is 6.83. The molecule has 0 fully saturated rings. The smallest absolute Gasteiger partial charge is 0.161 e. The Balaban J connectivity index is 1.60. The zero-order chi connectivity index (χ0) is 18.9. The molecule has 140 valence electrons. The number of aromatic nitrogens is 1. The van der Waals surface area contributed by atoms with Gasteiger partial charge in [0.1, 0.15) is 6.61 Å². The second-order valence-electron chi connectivity index (χ2n) is 6.36. The highest BCUT2D eigenvalue weighted by molar-refractivity contribution is 5.43. The topological polar surface area (TPSA) is 43.4 Å². The molecule has 4 heteroatoms. The molecule has 0 aliphatic heterocycles. The van der Waals surface area contributed by atoms with Crippen molar-refractivity contribution in [3.05, 3.63) is 89.2 Å². The minimum Gasteiger partial charge on any atom is -0.490 e. The van der Waals surface area contributed by atoms with Crippen molar-refractivity contribution < 1.29 is 9.47 Å². The van der Waals surface area contributed by atoms with Crippen LogP contribution in [0.3, 0.4) is 0 Å². The van der Waals surface area contributed by atoms with Gasteiger partial charge in [-0.15, -0.1) is 0 Å². The summed E-state index contributed by atoms with van der Waals surface area (Å²) < 4.78 is 11.7. The van der Waals surface area contributed by atoms with Crippen LogP contribution in [-0.4, -0.2) is 11.6 Å². The molecule has 27 heavy (non-hydrogen) atoms. The molecule has 0 atom stereocenters. The molecule has 1 N–H and O–H groups in total. The van der Waals surface area contributed by atoms with E-state index in [1.165, 1.54) is 0 Å². The summed E-state index contributed by atoms with van der Waals surface area (Å²) >= 11 is 0. The Morgan fingerprint density at radius 1 is 0.815 bits per heavy atom. The second kappa shape index (κ2) is 9.74. The number of aryl methyl sites for hydroxylation is 1. The number of ether oxygens (including phenoxy) is 2. The molecule has 0 amide bonds. The highest BCUT2D eigenvalue weighted by Gasteiger charge is 2.07. The lowest BCUT2D eigenvalue weighted by atomic mass is 10.2. The van der Waals surface area contributed by atoms with Crippen molar-refractivity contribution in [1.82, 2.24) is 10.3 Å². The van der Waals surface area contributed by atoms with Gasteiger partial charge in [-0.25, -0.2) is 0 Å². The molecule has 1 heterocycles. The van der Waals surface area contributed by atoms with Crippen LogP contribution in [-0.2, 0) is 19.7 Å². The molecule has 0 spiro atoms. The van der Waals surface area contributed by atoms with Crippen LogP contribution in [0.25, 0.3) is 0 Å². The van der Waals surface area contributed by atoms with Gasteiger partial charge in [0.15, 0.2) is 11.5 Å². The van der Waals surface area contributed by atoms with Gasteiger partial charge in [-0.05, 0) is 49.2 Å². The maximum atomic E-state index is 5.96. The normalized spacial score (nSPS) is 10.6. The fourth-order valence-corrected chi connectivity index (χ4v) is 2.82. The van der Waals surface area contributed by atoms with Crippen molar-refractivity contribution in [2.45, 2.75) is 33.5 Å². The average Bonchev–Trinajstić information content (AvgIpc) is 2.68. The highest BCUT2D eigenvalue weighted by Crippen LogP contribution is 2.29. The van der Waals surface area contributed by atoms with Crippen LogP contribution >= 0.6 is 0 Å². The molecule has 0 bridgehead atoms. The van der Waals surface area contributed by atoms with Gasteiger partial charge in [0.05, 0.1) is 12.3 Å². The van der Waals surface area contributed by atoms with E-state index in [2.05, 4.69) is 28.5 Å². The maximum absolute atomic E-state index is 5.96. The average molecular weight is 362 g/mol. The van der Waals surface area contributed by atoms with E-state index in [-0.39, 0.29) is 0 Å². The molecular weight excluding hydrogens is 336 g/mol. The maximum Gasteiger partial charge on any atom is 0.161 e. The van der Waals surface area contributed by atoms with E-state index in [4.69, 9.17) is 9.47 Å². The summed E-state index contributed by atoms with van der Waals surface area (Å²) in [5, 5.41) is 3.43. The lowest BCUT2D eigenvalue weighted by Gasteiger charge is -2.14. The third-order valence-corrected chi connectivity index (χ3v) is 4.13. The first-order valence-electron chi connectivity index (χ1n) is 9.30. The number of pyridine rings is 1. The van der Waals surface area contributed by atoms with E-state index < -0.39 is 0 Å². The van der Waals surface area contributed by atoms with E-state index in [1.54, 1.807) is 0 Å². The van der Waals surface area contributed by atoms with Gasteiger partial charge in [0.2, 0.25) is 0 Å². The molecule has 0 aliphatic rings. The number of hydrogen-bond acceptors (Lipinski definition) is 4. The molecule has 4 nitrogen and oxygen atoms in total. The van der Waals surface area contributed by atoms with Gasteiger partial charge in [-0.3, -0.25) is 4.98 Å². The Morgan fingerprint density at radius 3 is 2.44 bits per heavy atom. The van der Waals surface area contributed by atoms with E-state index in [9.17, 15) is 0 Å². The Hall–Kier alpha value is -2.85. The number of rotatable bonds is 9. The van der Waals surface area contributed by atoms with Crippen LogP contribution in [0.1, 0.15) is 29.4 Å². The molecule has 0 saturated carbocycles. The lowest BCUT2D eigenvalue weighted by molar-refractivity contribution is 0.269. The SMILES string of the molecule is CCOc1cc(CNCc2cccc(C)n2)ccc1OCc1ccccc1. The highest BCUT2D eigenvalue weighted by atomic mass is 16.5. The summed E-state index contributed by atoms with van der Waals surface area (Å²) in [6.07, 6.45) is 0. The zero-order valence-corrected chi connectivity index (χ0v) is 15.9. The minimum absolute atomic E-state index is 0.525. The predicted molar refractivity (Wildman–Crippen MR) is 108 cm³/mol. The van der Waals surface area contributed by atoms with Gasteiger partial charge >= 0.3 is 0 Å². The fraction of sp³-hybridized carbons (Fsp3) is 0.261. The molecular formula is C23H26N2O2. The summed E-state index contributed by atoms with van der Waals surface area (Å²) in [5.74, 6) is 1.55. The first kappa shape index (κ1) is 18.9. The summed E-state index contributed by atoms with van der Waals surface area (Å²) in [7, 11) is 0. The van der Waals surface area contributed by atoms with E-state index in [1.807, 2.05) is 62.4 Å². The van der Waals surface area contributed by atoms with E-state index in [0.717, 1.165) is 47.1 Å². The minimum atomic E-state index is 0.525. The van der Waals surface area contributed by atoms with Crippen molar-refractivity contribution in [2.24, 2.45) is 0 Å². The van der Waals surface area contributed by atoms with Gasteiger partial charge < -0.3 is 14.8 Å². The third kappa shape index (κ3) is 5.83. The zero-order valence-electron chi connectivity index (χ0n) is 15.9. The molecule has 1 aromatic heterocycles. The van der Waals surface area contributed by atoms with Gasteiger partial charge in [-0.2, -0.15) is 0 Å². The van der Waals surface area contributed by atoms with Gasteiger partial charge in [0, 0.05) is 18.8 Å². The first-order chi connectivity index (χ1) is 13.2. The van der Waals surface area contributed by atoms with Crippen LogP contribution in [0.2, 0.25) is 0 Å². The van der Waals surface area contributed by atoms with Crippen LogP contribution in [0.15, 0.2) is 66.7 Å². The van der Waals surface area contributed by atoms with Crippen LogP contribution < -0.4 is 14.8 Å². The van der Waals surface area contributed by atoms with E-state index >= 15 is 0 Å². The predicted octanol–water partition coefficient (Wildman–Crippen LogP) is 4.66. The van der Waals surface area contributed by atoms with Crippen molar-refractivity contribution in [3.8, 4) is 11.5 Å².